The fraction of sp³-hybridized carbons (Fsp3) is 0.278. The van der Waals surface area contributed by atoms with E-state index >= 15 is 0 Å². The number of carbonyl (C=O) groups is 3. The molecule has 6 rings (SSSR count). The molecule has 10 nitrogen and oxygen atoms in total. The van der Waals surface area contributed by atoms with Gasteiger partial charge in [0, 0.05) is 37.6 Å². The normalized spacial score (nSPS) is 20.1. The van der Waals surface area contributed by atoms with Gasteiger partial charge in [-0.2, -0.15) is 0 Å². The molecule has 3 heterocycles. The SMILES string of the molecule is C=CCN1CC(=O)N2C([C@H](C)N(Cc3cccc4cccnc34)C(=O)[C@@H]2Cc2ccc(O)cc2)N1C(=O)NCCc1ccccc1. The molecule has 3 aromatic carbocycles. The molecule has 2 N–H and O–H groups in total. The zero-order valence-electron chi connectivity index (χ0n) is 25.8. The Morgan fingerprint density at radius 3 is 2.52 bits per heavy atom. The average molecular weight is 619 g/mol. The summed E-state index contributed by atoms with van der Waals surface area (Å²) in [7, 11) is 0. The van der Waals surface area contributed by atoms with Gasteiger partial charge in [0.05, 0.1) is 18.1 Å². The van der Waals surface area contributed by atoms with Crippen LogP contribution in [-0.2, 0) is 29.0 Å². The van der Waals surface area contributed by atoms with Crippen LogP contribution in [0.4, 0.5) is 4.79 Å². The first kappa shape index (κ1) is 30.8. The van der Waals surface area contributed by atoms with E-state index in [1.54, 1.807) is 56.4 Å². The number of hydrogen-bond donors (Lipinski definition) is 2. The molecule has 0 aliphatic carbocycles. The van der Waals surface area contributed by atoms with Gasteiger partial charge in [-0.05, 0) is 48.2 Å². The van der Waals surface area contributed by atoms with E-state index in [9.17, 15) is 19.5 Å². The molecule has 2 fully saturated rings. The first-order valence-corrected chi connectivity index (χ1v) is 15.5. The predicted octanol–water partition coefficient (Wildman–Crippen LogP) is 4.11. The number of aromatic hydroxyl groups is 1. The lowest BCUT2D eigenvalue weighted by atomic mass is 9.94. The molecule has 3 atom stereocenters. The molecule has 2 saturated heterocycles. The minimum Gasteiger partial charge on any atom is -0.508 e. The Balaban J connectivity index is 1.37. The topological polar surface area (TPSA) is 109 Å². The van der Waals surface area contributed by atoms with E-state index < -0.39 is 18.2 Å². The van der Waals surface area contributed by atoms with Gasteiger partial charge in [0.25, 0.3) is 0 Å². The van der Waals surface area contributed by atoms with Crippen molar-refractivity contribution in [2.75, 3.05) is 19.6 Å². The van der Waals surface area contributed by atoms with Crippen LogP contribution in [0.25, 0.3) is 10.9 Å². The second-order valence-electron chi connectivity index (χ2n) is 11.7. The van der Waals surface area contributed by atoms with Gasteiger partial charge in [0.2, 0.25) is 11.8 Å². The van der Waals surface area contributed by atoms with Crippen molar-refractivity contribution >= 4 is 28.7 Å². The van der Waals surface area contributed by atoms with Gasteiger partial charge >= 0.3 is 6.03 Å². The van der Waals surface area contributed by atoms with E-state index in [-0.39, 0.29) is 49.7 Å². The van der Waals surface area contributed by atoms with Crippen molar-refractivity contribution in [3.05, 3.63) is 120 Å². The summed E-state index contributed by atoms with van der Waals surface area (Å²) < 4.78 is 0. The Hall–Kier alpha value is -5.22. The number of carbonyl (C=O) groups excluding carboxylic acids is 3. The van der Waals surface area contributed by atoms with E-state index in [0.717, 1.165) is 27.6 Å². The van der Waals surface area contributed by atoms with Crippen molar-refractivity contribution in [3.63, 3.8) is 0 Å². The molecule has 0 saturated carbocycles. The highest BCUT2D eigenvalue weighted by atomic mass is 16.3. The average Bonchev–Trinajstić information content (AvgIpc) is 3.06. The second kappa shape index (κ2) is 13.4. The maximum atomic E-state index is 14.5. The molecule has 0 bridgehead atoms. The highest BCUT2D eigenvalue weighted by Gasteiger charge is 2.54. The van der Waals surface area contributed by atoms with E-state index in [1.165, 1.54) is 0 Å². The summed E-state index contributed by atoms with van der Waals surface area (Å²) in [5.41, 5.74) is 3.56. The molecule has 1 aromatic heterocycles. The molecule has 46 heavy (non-hydrogen) atoms. The minimum absolute atomic E-state index is 0.0755. The summed E-state index contributed by atoms with van der Waals surface area (Å²) in [4.78, 5) is 50.4. The van der Waals surface area contributed by atoms with Crippen molar-refractivity contribution in [1.29, 1.82) is 0 Å². The van der Waals surface area contributed by atoms with Crippen LogP contribution in [-0.4, -0.2) is 85.6 Å². The van der Waals surface area contributed by atoms with Crippen molar-refractivity contribution in [2.45, 2.75) is 44.6 Å². The monoisotopic (exact) mass is 618 g/mol. The Labute approximate surface area is 268 Å². The standard InChI is InChI=1S/C36H38N6O4/c1-3-21-39-24-32(44)41-31(22-27-14-16-30(43)17-15-27)35(45)40(23-29-12-7-11-28-13-8-19-37-33(28)29)25(2)34(41)42(39)36(46)38-20-18-26-9-5-4-6-10-26/h3-17,19,25,31,34,43H,1,18,20-24H2,2H3,(H,38,46)/t25-,31-,34?/m0/s1. The summed E-state index contributed by atoms with van der Waals surface area (Å²) in [6.07, 6.45) is 3.49. The maximum Gasteiger partial charge on any atom is 0.333 e. The number of nitrogens with zero attached hydrogens (tertiary/aromatic N) is 5. The number of hydrazine groups is 1. The predicted molar refractivity (Wildman–Crippen MR) is 175 cm³/mol. The molecule has 2 aliphatic heterocycles. The number of phenols is 1. The van der Waals surface area contributed by atoms with Crippen molar-refractivity contribution in [1.82, 2.24) is 30.1 Å². The number of pyridine rings is 1. The lowest BCUT2D eigenvalue weighted by Gasteiger charge is -2.57. The van der Waals surface area contributed by atoms with E-state index in [1.807, 2.05) is 67.6 Å². The van der Waals surface area contributed by atoms with Crippen molar-refractivity contribution in [2.24, 2.45) is 0 Å². The van der Waals surface area contributed by atoms with E-state index in [2.05, 4.69) is 16.9 Å². The number of para-hydroxylation sites is 1. The van der Waals surface area contributed by atoms with Crippen LogP contribution in [0.5, 0.6) is 5.75 Å². The summed E-state index contributed by atoms with van der Waals surface area (Å²) in [5.74, 6) is -0.335. The number of piperazine rings is 1. The number of nitrogens with one attached hydrogen (secondary N) is 1. The van der Waals surface area contributed by atoms with E-state index in [4.69, 9.17) is 0 Å². The fourth-order valence-electron chi connectivity index (χ4n) is 6.54. The lowest BCUT2D eigenvalue weighted by Crippen LogP contribution is -2.79. The number of amides is 4. The number of urea groups is 1. The fourth-order valence-corrected chi connectivity index (χ4v) is 6.54. The van der Waals surface area contributed by atoms with Gasteiger partial charge in [-0.3, -0.25) is 14.6 Å². The Morgan fingerprint density at radius 1 is 1.00 bits per heavy atom. The molecule has 2 aliphatic rings. The summed E-state index contributed by atoms with van der Waals surface area (Å²) in [6, 6.07) is 24.5. The zero-order valence-corrected chi connectivity index (χ0v) is 25.8. The largest absolute Gasteiger partial charge is 0.508 e. The quantitative estimate of drug-likeness (QED) is 0.274. The highest BCUT2D eigenvalue weighted by molar-refractivity contribution is 5.92. The first-order chi connectivity index (χ1) is 22.4. The van der Waals surface area contributed by atoms with Gasteiger partial charge in [-0.15, -0.1) is 6.58 Å². The Bertz CT molecular complexity index is 1720. The van der Waals surface area contributed by atoms with Crippen molar-refractivity contribution < 1.29 is 19.5 Å². The van der Waals surface area contributed by atoms with Gasteiger partial charge in [0.15, 0.2) is 0 Å². The number of phenolic OH excluding ortho intramolecular Hbond substituents is 1. The number of fused-ring (bicyclic) bond motifs is 2. The van der Waals surface area contributed by atoms with Crippen LogP contribution in [0.15, 0.2) is 104 Å². The molecule has 0 spiro atoms. The van der Waals surface area contributed by atoms with E-state index in [0.29, 0.717) is 13.0 Å². The third-order valence-electron chi connectivity index (χ3n) is 8.78. The van der Waals surface area contributed by atoms with Crippen LogP contribution >= 0.6 is 0 Å². The molecular formula is C36H38N6O4. The highest BCUT2D eigenvalue weighted by Crippen LogP contribution is 2.34. The number of hydrogen-bond acceptors (Lipinski definition) is 6. The number of rotatable bonds is 9. The van der Waals surface area contributed by atoms with Crippen LogP contribution < -0.4 is 5.32 Å². The van der Waals surface area contributed by atoms with Crippen LogP contribution in [0.2, 0.25) is 0 Å². The molecular weight excluding hydrogens is 580 g/mol. The minimum atomic E-state index is -0.869. The zero-order chi connectivity index (χ0) is 32.2. The molecule has 1 unspecified atom stereocenters. The van der Waals surface area contributed by atoms with Gasteiger partial charge in [0.1, 0.15) is 18.0 Å². The van der Waals surface area contributed by atoms with Crippen LogP contribution in [0.1, 0.15) is 23.6 Å². The van der Waals surface area contributed by atoms with Crippen molar-refractivity contribution in [3.8, 4) is 5.75 Å². The Morgan fingerprint density at radius 2 is 1.76 bits per heavy atom. The van der Waals surface area contributed by atoms with Gasteiger partial charge in [-0.25, -0.2) is 14.8 Å². The summed E-state index contributed by atoms with van der Waals surface area (Å²) >= 11 is 0. The van der Waals surface area contributed by atoms with Gasteiger partial charge < -0.3 is 20.2 Å². The number of aromatic nitrogens is 1. The molecule has 0 radical (unpaired) electrons. The van der Waals surface area contributed by atoms with Crippen LogP contribution in [0, 0.1) is 0 Å². The third-order valence-corrected chi connectivity index (χ3v) is 8.78. The van der Waals surface area contributed by atoms with Gasteiger partial charge in [-0.1, -0.05) is 72.8 Å². The third kappa shape index (κ3) is 6.16. The first-order valence-electron chi connectivity index (χ1n) is 15.5. The second-order valence-corrected chi connectivity index (χ2v) is 11.7. The maximum absolute atomic E-state index is 14.5. The molecule has 4 amide bonds. The molecule has 236 valence electrons. The van der Waals surface area contributed by atoms with Crippen LogP contribution in [0.3, 0.4) is 0 Å². The lowest BCUT2D eigenvalue weighted by molar-refractivity contribution is -0.198. The smallest absolute Gasteiger partial charge is 0.333 e. The summed E-state index contributed by atoms with van der Waals surface area (Å²) in [6.45, 7) is 6.62. The summed E-state index contributed by atoms with van der Waals surface area (Å²) in [5, 5.41) is 17.2. The number of benzene rings is 3. The molecule has 10 heteroatoms. The molecule has 4 aromatic rings. The Kier molecular flexibility index (Phi) is 8.98.